The zero-order valence-corrected chi connectivity index (χ0v) is 25.1. The van der Waals surface area contributed by atoms with Crippen molar-refractivity contribution in [3.05, 3.63) is 143 Å². The highest BCUT2D eigenvalue weighted by atomic mass is 35.5. The third kappa shape index (κ3) is 6.54. The summed E-state index contributed by atoms with van der Waals surface area (Å²) in [6.07, 6.45) is 4.05. The predicted octanol–water partition coefficient (Wildman–Crippen LogP) is 7.88. The normalized spacial score (nSPS) is 15.4. The van der Waals surface area contributed by atoms with Gasteiger partial charge in [0.05, 0.1) is 33.7 Å². The van der Waals surface area contributed by atoms with Gasteiger partial charge in [0.25, 0.3) is 5.91 Å². The molecule has 2 heterocycles. The molecular weight excluding hydrogens is 595 g/mol. The monoisotopic (exact) mass is 622 g/mol. The van der Waals surface area contributed by atoms with Crippen molar-refractivity contribution in [3.8, 4) is 16.8 Å². The van der Waals surface area contributed by atoms with E-state index in [0.29, 0.717) is 27.0 Å². The Morgan fingerprint density at radius 1 is 0.818 bits per heavy atom. The first-order chi connectivity index (χ1) is 21.5. The van der Waals surface area contributed by atoms with Gasteiger partial charge in [-0.1, -0.05) is 89.0 Å². The zero-order chi connectivity index (χ0) is 30.5. The number of benzene rings is 4. The number of nitrogens with one attached hydrogen (secondary N) is 1. The Bertz CT molecular complexity index is 1810. The van der Waals surface area contributed by atoms with Gasteiger partial charge in [0, 0.05) is 24.4 Å². The van der Waals surface area contributed by atoms with E-state index in [0.717, 1.165) is 22.4 Å². The van der Waals surface area contributed by atoms with Crippen LogP contribution >= 0.6 is 23.2 Å². The quantitative estimate of drug-likeness (QED) is 0.179. The lowest BCUT2D eigenvalue weighted by molar-refractivity contribution is -0.119. The Morgan fingerprint density at radius 3 is 2.27 bits per heavy atom. The lowest BCUT2D eigenvalue weighted by Crippen LogP contribution is -2.43. The molecule has 9 heteroatoms. The Morgan fingerprint density at radius 2 is 1.52 bits per heavy atom. The maximum Gasteiger partial charge on any atom is 0.254 e. The molecule has 1 aliphatic rings. The van der Waals surface area contributed by atoms with Crippen LogP contribution in [0.5, 0.6) is 0 Å². The van der Waals surface area contributed by atoms with Crippen molar-refractivity contribution in [2.75, 3.05) is 11.9 Å². The van der Waals surface area contributed by atoms with E-state index in [-0.39, 0.29) is 31.4 Å². The third-order valence-electron chi connectivity index (χ3n) is 7.41. The fraction of sp³-hybridized carbons (Fsp3) is 0.114. The number of nitrogens with zero attached hydrogens (tertiary/aromatic N) is 3. The van der Waals surface area contributed by atoms with Gasteiger partial charge in [0.1, 0.15) is 12.6 Å². The van der Waals surface area contributed by atoms with Crippen LogP contribution < -0.4 is 5.32 Å². The van der Waals surface area contributed by atoms with Crippen LogP contribution in [-0.4, -0.2) is 39.6 Å². The molecule has 0 unspecified atom stereocenters. The van der Waals surface area contributed by atoms with Gasteiger partial charge in [0.2, 0.25) is 5.91 Å². The zero-order valence-electron chi connectivity index (χ0n) is 23.6. The summed E-state index contributed by atoms with van der Waals surface area (Å²) in [5.74, 6) is -0.577. The highest BCUT2D eigenvalue weighted by molar-refractivity contribution is 6.42. The molecule has 4 aromatic carbocycles. The molecule has 1 N–H and O–H groups in total. The predicted molar refractivity (Wildman–Crippen MR) is 174 cm³/mol. The summed E-state index contributed by atoms with van der Waals surface area (Å²) in [7, 11) is 0. The Kier molecular flexibility index (Phi) is 8.77. The van der Waals surface area contributed by atoms with Crippen molar-refractivity contribution in [2.24, 2.45) is 5.16 Å². The fourth-order valence-electron chi connectivity index (χ4n) is 5.16. The van der Waals surface area contributed by atoms with E-state index < -0.39 is 6.04 Å². The number of carbonyl (C=O) groups is 2. The second-order valence-corrected chi connectivity index (χ2v) is 11.2. The first-order valence-corrected chi connectivity index (χ1v) is 14.8. The minimum Gasteiger partial charge on any atom is -0.391 e. The molecule has 6 rings (SSSR count). The Balaban J connectivity index is 1.24. The number of hydrogen-bond acceptors (Lipinski definition) is 4. The van der Waals surface area contributed by atoms with Gasteiger partial charge in [0.15, 0.2) is 0 Å². The van der Waals surface area contributed by atoms with Crippen molar-refractivity contribution < 1.29 is 14.4 Å². The van der Waals surface area contributed by atoms with E-state index in [1.807, 2.05) is 95.8 Å². The molecule has 0 aliphatic carbocycles. The molecule has 0 radical (unpaired) electrons. The molecule has 0 bridgehead atoms. The Hall–Kier alpha value is -4.85. The molecule has 1 fully saturated rings. The molecule has 0 saturated carbocycles. The van der Waals surface area contributed by atoms with Crippen LogP contribution in [0.3, 0.4) is 0 Å². The summed E-state index contributed by atoms with van der Waals surface area (Å²) in [4.78, 5) is 34.8. The van der Waals surface area contributed by atoms with E-state index in [4.69, 9.17) is 28.0 Å². The minimum absolute atomic E-state index is 0.151. The van der Waals surface area contributed by atoms with Crippen molar-refractivity contribution in [1.82, 2.24) is 9.47 Å². The summed E-state index contributed by atoms with van der Waals surface area (Å²) < 4.78 is 1.92. The first kappa shape index (κ1) is 29.2. The maximum absolute atomic E-state index is 13.8. The van der Waals surface area contributed by atoms with Crippen LogP contribution in [0.1, 0.15) is 22.3 Å². The van der Waals surface area contributed by atoms with E-state index in [1.165, 1.54) is 0 Å². The number of rotatable bonds is 8. The van der Waals surface area contributed by atoms with Gasteiger partial charge in [-0.3, -0.25) is 9.59 Å². The van der Waals surface area contributed by atoms with Crippen molar-refractivity contribution in [2.45, 2.75) is 19.1 Å². The van der Waals surface area contributed by atoms with Crippen LogP contribution in [0.4, 0.5) is 5.69 Å². The van der Waals surface area contributed by atoms with Crippen molar-refractivity contribution in [1.29, 1.82) is 0 Å². The van der Waals surface area contributed by atoms with Crippen LogP contribution in [0.15, 0.2) is 127 Å². The summed E-state index contributed by atoms with van der Waals surface area (Å²) in [6.45, 7) is 0.314. The molecule has 1 aliphatic heterocycles. The second-order valence-electron chi connectivity index (χ2n) is 10.4. The second kappa shape index (κ2) is 13.2. The number of amides is 2. The molecular formula is C35H28Cl2N4O3. The standard InChI is InChI=1S/C35H28Cl2N4O3/c36-29-17-12-24(20-30(29)37)23-44-39-28-21-33(34(42)38-31-10-4-5-11-32(31)40-18-6-7-19-40)41(22-28)35(43)27-15-13-26(14-16-27)25-8-2-1-3-9-25/h1-20,33H,21-23H2,(H,38,42)/t33-/m0/s1. The van der Waals surface area contributed by atoms with Crippen LogP contribution in [0, 0.1) is 0 Å². The number of oxime groups is 1. The fourth-order valence-corrected chi connectivity index (χ4v) is 5.48. The first-order valence-electron chi connectivity index (χ1n) is 14.1. The number of anilines is 1. The van der Waals surface area contributed by atoms with Crippen molar-refractivity contribution >= 4 is 46.4 Å². The minimum atomic E-state index is -0.790. The van der Waals surface area contributed by atoms with Gasteiger partial charge in [-0.15, -0.1) is 0 Å². The lowest BCUT2D eigenvalue weighted by atomic mass is 10.0. The van der Waals surface area contributed by atoms with Crippen LogP contribution in [-0.2, 0) is 16.2 Å². The van der Waals surface area contributed by atoms with Crippen molar-refractivity contribution in [3.63, 3.8) is 0 Å². The summed E-state index contributed by atoms with van der Waals surface area (Å²) in [5.41, 5.74) is 5.36. The molecule has 1 atom stereocenters. The maximum atomic E-state index is 13.8. The largest absolute Gasteiger partial charge is 0.391 e. The number of hydrogen-bond donors (Lipinski definition) is 1. The SMILES string of the molecule is O=C(Nc1ccccc1-n1cccc1)[C@@H]1CC(=NOCc2ccc(Cl)c(Cl)c2)CN1C(=O)c1ccc(-c2ccccc2)cc1. The molecule has 2 amide bonds. The van der Waals surface area contributed by atoms with Crippen LogP contribution in [0.25, 0.3) is 16.8 Å². The van der Waals surface area contributed by atoms with Crippen LogP contribution in [0.2, 0.25) is 10.0 Å². The highest BCUT2D eigenvalue weighted by Crippen LogP contribution is 2.27. The average molecular weight is 624 g/mol. The summed E-state index contributed by atoms with van der Waals surface area (Å²) in [6, 6.07) is 33.1. The summed E-state index contributed by atoms with van der Waals surface area (Å²) >= 11 is 12.1. The van der Waals surface area contributed by atoms with E-state index in [2.05, 4.69) is 10.5 Å². The summed E-state index contributed by atoms with van der Waals surface area (Å²) in [5, 5.41) is 8.23. The van der Waals surface area contributed by atoms with Gasteiger partial charge in [-0.05, 0) is 65.2 Å². The number of halogens is 2. The Labute approximate surface area is 265 Å². The molecule has 44 heavy (non-hydrogen) atoms. The molecule has 220 valence electrons. The smallest absolute Gasteiger partial charge is 0.254 e. The molecule has 5 aromatic rings. The average Bonchev–Trinajstić information content (AvgIpc) is 3.74. The number of para-hydroxylation sites is 2. The lowest BCUT2D eigenvalue weighted by Gasteiger charge is -2.24. The number of carbonyl (C=O) groups excluding carboxylic acids is 2. The van der Waals surface area contributed by atoms with Gasteiger partial charge in [-0.2, -0.15) is 0 Å². The van der Waals surface area contributed by atoms with E-state index in [1.54, 1.807) is 35.2 Å². The molecule has 7 nitrogen and oxygen atoms in total. The van der Waals surface area contributed by atoms with E-state index >= 15 is 0 Å². The third-order valence-corrected chi connectivity index (χ3v) is 8.15. The van der Waals surface area contributed by atoms with Gasteiger partial charge >= 0.3 is 0 Å². The number of aromatic nitrogens is 1. The van der Waals surface area contributed by atoms with Gasteiger partial charge < -0.3 is 19.6 Å². The number of likely N-dealkylation sites (tertiary alicyclic amines) is 1. The molecule has 1 aromatic heterocycles. The topological polar surface area (TPSA) is 75.9 Å². The molecule has 1 saturated heterocycles. The van der Waals surface area contributed by atoms with E-state index in [9.17, 15) is 9.59 Å². The highest BCUT2D eigenvalue weighted by Gasteiger charge is 2.38. The molecule has 0 spiro atoms. The van der Waals surface area contributed by atoms with Gasteiger partial charge in [-0.25, -0.2) is 0 Å².